The molecule has 0 radical (unpaired) electrons. The number of nitrogen functional groups attached to an aromatic ring is 1. The maximum absolute atomic E-state index is 12.3. The molecule has 0 saturated carbocycles. The molecule has 0 saturated heterocycles. The van der Waals surface area contributed by atoms with Gasteiger partial charge in [-0.2, -0.15) is 0 Å². The quantitative estimate of drug-likeness (QED) is 0.582. The summed E-state index contributed by atoms with van der Waals surface area (Å²) in [7, 11) is 1.76. The fourth-order valence-corrected chi connectivity index (χ4v) is 2.99. The van der Waals surface area contributed by atoms with Gasteiger partial charge in [-0.05, 0) is 49.4 Å². The summed E-state index contributed by atoms with van der Waals surface area (Å²) in [6.07, 6.45) is 0.458. The van der Waals surface area contributed by atoms with Crippen LogP contribution in [0.4, 0.5) is 22.7 Å². The Morgan fingerprint density at radius 2 is 1.88 bits per heavy atom. The topological polar surface area (TPSA) is 87.5 Å². The molecular formula is C20H22N4O2. The van der Waals surface area contributed by atoms with E-state index in [4.69, 9.17) is 5.73 Å². The smallest absolute Gasteiger partial charge is 0.258 e. The number of rotatable bonds is 4. The van der Waals surface area contributed by atoms with Crippen LogP contribution in [0.15, 0.2) is 48.2 Å². The largest absolute Gasteiger partial charge is 0.399 e. The minimum absolute atomic E-state index is 0.0563. The lowest BCUT2D eigenvalue weighted by molar-refractivity contribution is -0.118. The van der Waals surface area contributed by atoms with E-state index in [0.29, 0.717) is 17.7 Å². The highest BCUT2D eigenvalue weighted by Crippen LogP contribution is 2.35. The number of nitrogens with one attached hydrogen (secondary N) is 2. The Labute approximate surface area is 152 Å². The van der Waals surface area contributed by atoms with Crippen molar-refractivity contribution in [1.82, 2.24) is 0 Å². The number of benzene rings is 2. The number of amides is 2. The van der Waals surface area contributed by atoms with E-state index in [0.717, 1.165) is 28.3 Å². The number of fused-ring (bicyclic) bond motifs is 1. The predicted molar refractivity (Wildman–Crippen MR) is 106 cm³/mol. The van der Waals surface area contributed by atoms with Gasteiger partial charge >= 0.3 is 0 Å². The molecule has 1 aliphatic rings. The van der Waals surface area contributed by atoms with Crippen LogP contribution in [-0.4, -0.2) is 18.9 Å². The van der Waals surface area contributed by atoms with Gasteiger partial charge in [-0.25, -0.2) is 0 Å². The zero-order chi connectivity index (χ0) is 18.8. The lowest BCUT2D eigenvalue weighted by Gasteiger charge is -2.17. The molecule has 134 valence electrons. The first-order valence-corrected chi connectivity index (χ1v) is 8.46. The van der Waals surface area contributed by atoms with Crippen molar-refractivity contribution in [2.45, 2.75) is 20.3 Å². The first kappa shape index (κ1) is 17.5. The summed E-state index contributed by atoms with van der Waals surface area (Å²) >= 11 is 0. The van der Waals surface area contributed by atoms with Crippen LogP contribution in [0.25, 0.3) is 5.57 Å². The molecule has 0 unspecified atom stereocenters. The third-order valence-electron chi connectivity index (χ3n) is 4.43. The molecule has 4 N–H and O–H groups in total. The number of nitrogens with two attached hydrogens (primary N) is 1. The standard InChI is InChI=1S/C20H22N4O2/c1-4-18(25)24(3)15-8-6-14(7-9-15)22-12(2)19-16-11-13(21)5-10-17(16)23-20(19)26/h5-11,22H,4,21H2,1-3H3,(H,23,26). The molecule has 0 aliphatic carbocycles. The molecule has 2 amide bonds. The average molecular weight is 350 g/mol. The monoisotopic (exact) mass is 350 g/mol. The van der Waals surface area contributed by atoms with Crippen LogP contribution in [0, 0.1) is 0 Å². The van der Waals surface area contributed by atoms with Gasteiger partial charge in [0.1, 0.15) is 0 Å². The van der Waals surface area contributed by atoms with E-state index in [1.807, 2.05) is 38.1 Å². The summed E-state index contributed by atoms with van der Waals surface area (Å²) in [5, 5.41) is 6.11. The molecular weight excluding hydrogens is 328 g/mol. The maximum Gasteiger partial charge on any atom is 0.258 e. The Hall–Kier alpha value is -3.28. The molecule has 6 heteroatoms. The lowest BCUT2D eigenvalue weighted by atomic mass is 10.0. The highest BCUT2D eigenvalue weighted by atomic mass is 16.2. The normalized spacial score (nSPS) is 14.5. The van der Waals surface area contributed by atoms with Gasteiger partial charge in [0.25, 0.3) is 5.91 Å². The first-order chi connectivity index (χ1) is 12.4. The van der Waals surface area contributed by atoms with Crippen molar-refractivity contribution in [3.63, 3.8) is 0 Å². The van der Waals surface area contributed by atoms with Gasteiger partial charge in [-0.15, -0.1) is 0 Å². The summed E-state index contributed by atoms with van der Waals surface area (Å²) in [4.78, 5) is 25.7. The summed E-state index contributed by atoms with van der Waals surface area (Å²) in [5.74, 6) is -0.0960. The molecule has 3 rings (SSSR count). The van der Waals surface area contributed by atoms with E-state index >= 15 is 0 Å². The number of carbonyl (C=O) groups is 2. The number of carbonyl (C=O) groups excluding carboxylic acids is 2. The maximum atomic E-state index is 12.3. The molecule has 26 heavy (non-hydrogen) atoms. The highest BCUT2D eigenvalue weighted by Gasteiger charge is 2.26. The third kappa shape index (κ3) is 3.26. The Bertz CT molecular complexity index is 901. The van der Waals surface area contributed by atoms with E-state index in [9.17, 15) is 9.59 Å². The molecule has 1 heterocycles. The molecule has 0 spiro atoms. The van der Waals surface area contributed by atoms with Crippen LogP contribution in [0.3, 0.4) is 0 Å². The van der Waals surface area contributed by atoms with Gasteiger partial charge in [0.05, 0.1) is 5.57 Å². The second-order valence-electron chi connectivity index (χ2n) is 6.24. The number of hydrogen-bond donors (Lipinski definition) is 3. The van der Waals surface area contributed by atoms with Crippen LogP contribution in [0.2, 0.25) is 0 Å². The highest BCUT2D eigenvalue weighted by molar-refractivity contribution is 6.32. The molecule has 2 aromatic carbocycles. The van der Waals surface area contributed by atoms with E-state index in [1.165, 1.54) is 0 Å². The zero-order valence-corrected chi connectivity index (χ0v) is 15.1. The van der Waals surface area contributed by atoms with Crippen molar-refractivity contribution in [3.05, 3.63) is 53.7 Å². The fourth-order valence-electron chi connectivity index (χ4n) is 2.99. The molecule has 0 aromatic heterocycles. The molecule has 0 bridgehead atoms. The van der Waals surface area contributed by atoms with E-state index in [-0.39, 0.29) is 11.8 Å². The number of allylic oxidation sites excluding steroid dienone is 1. The van der Waals surface area contributed by atoms with E-state index in [2.05, 4.69) is 10.6 Å². The van der Waals surface area contributed by atoms with Gasteiger partial charge in [0, 0.05) is 47.5 Å². The molecule has 0 fully saturated rings. The summed E-state index contributed by atoms with van der Waals surface area (Å²) < 4.78 is 0. The number of anilines is 4. The van der Waals surface area contributed by atoms with Gasteiger partial charge in [0.15, 0.2) is 0 Å². The Balaban J connectivity index is 1.85. The second kappa shape index (κ2) is 6.92. The number of hydrogen-bond acceptors (Lipinski definition) is 4. The van der Waals surface area contributed by atoms with Gasteiger partial charge in [-0.3, -0.25) is 9.59 Å². The van der Waals surface area contributed by atoms with Crippen LogP contribution in [-0.2, 0) is 9.59 Å². The molecule has 0 atom stereocenters. The predicted octanol–water partition coefficient (Wildman–Crippen LogP) is 3.44. The van der Waals surface area contributed by atoms with E-state index in [1.54, 1.807) is 30.1 Å². The number of nitrogens with zero attached hydrogens (tertiary/aromatic N) is 1. The van der Waals surface area contributed by atoms with Crippen LogP contribution in [0.5, 0.6) is 0 Å². The van der Waals surface area contributed by atoms with Gasteiger partial charge in [-0.1, -0.05) is 6.92 Å². The Kier molecular flexibility index (Phi) is 4.67. The van der Waals surface area contributed by atoms with Crippen LogP contribution in [0.1, 0.15) is 25.8 Å². The van der Waals surface area contributed by atoms with Gasteiger partial charge < -0.3 is 21.3 Å². The van der Waals surface area contributed by atoms with Crippen LogP contribution >= 0.6 is 0 Å². The van der Waals surface area contributed by atoms with Crippen molar-refractivity contribution in [2.24, 2.45) is 0 Å². The van der Waals surface area contributed by atoms with Gasteiger partial charge in [0.2, 0.25) is 5.91 Å². The van der Waals surface area contributed by atoms with Crippen molar-refractivity contribution < 1.29 is 9.59 Å². The minimum Gasteiger partial charge on any atom is -0.399 e. The fraction of sp³-hybridized carbons (Fsp3) is 0.200. The summed E-state index contributed by atoms with van der Waals surface area (Å²) in [6.45, 7) is 3.69. The minimum atomic E-state index is -0.152. The Morgan fingerprint density at radius 3 is 2.54 bits per heavy atom. The van der Waals surface area contributed by atoms with Crippen molar-refractivity contribution in [2.75, 3.05) is 28.3 Å². The first-order valence-electron chi connectivity index (χ1n) is 8.46. The molecule has 2 aromatic rings. The lowest BCUT2D eigenvalue weighted by Crippen LogP contribution is -2.24. The third-order valence-corrected chi connectivity index (χ3v) is 4.43. The Morgan fingerprint density at radius 1 is 1.19 bits per heavy atom. The summed E-state index contributed by atoms with van der Waals surface area (Å²) in [6, 6.07) is 12.9. The zero-order valence-electron chi connectivity index (χ0n) is 15.1. The SMILES string of the molecule is CCC(=O)N(C)c1ccc(NC(C)=C2C(=O)Nc3ccc(N)cc32)cc1. The van der Waals surface area contributed by atoms with Crippen molar-refractivity contribution in [1.29, 1.82) is 0 Å². The second-order valence-corrected chi connectivity index (χ2v) is 6.24. The van der Waals surface area contributed by atoms with Crippen molar-refractivity contribution in [3.8, 4) is 0 Å². The average Bonchev–Trinajstić information content (AvgIpc) is 2.96. The summed E-state index contributed by atoms with van der Waals surface area (Å²) in [5.41, 5.74) is 11.0. The van der Waals surface area contributed by atoms with Crippen LogP contribution < -0.4 is 21.3 Å². The molecule has 1 aliphatic heterocycles. The molecule has 6 nitrogen and oxygen atoms in total. The van der Waals surface area contributed by atoms with Crippen molar-refractivity contribution >= 4 is 40.1 Å². The van der Waals surface area contributed by atoms with E-state index < -0.39 is 0 Å².